The summed E-state index contributed by atoms with van der Waals surface area (Å²) in [5.74, 6) is 0. The van der Waals surface area contributed by atoms with Gasteiger partial charge >= 0.3 is 0 Å². The maximum absolute atomic E-state index is 2.21. The fourth-order valence-electron chi connectivity index (χ4n) is 0.354. The molecule has 52 valence electrons. The van der Waals surface area contributed by atoms with Gasteiger partial charge in [0, 0.05) is 26.2 Å². The number of hydrogen-bond acceptors (Lipinski definition) is 0. The Morgan fingerprint density at radius 1 is 0.875 bits per heavy atom. The zero-order valence-electron chi connectivity index (χ0n) is 5.44. The molecule has 0 saturated carbocycles. The number of unbranched alkanes of at least 4 members (excludes halogenated alkanes) is 2. The van der Waals surface area contributed by atoms with E-state index in [9.17, 15) is 0 Å². The van der Waals surface area contributed by atoms with Crippen LogP contribution in [0, 0.1) is 0 Å². The summed E-state index contributed by atoms with van der Waals surface area (Å²) in [6.45, 7) is 4.42. The van der Waals surface area contributed by atoms with Gasteiger partial charge in [0.1, 0.15) is 0 Å². The van der Waals surface area contributed by atoms with Crippen LogP contribution in [0.2, 0.25) is 0 Å². The van der Waals surface area contributed by atoms with Crippen molar-refractivity contribution in [3.05, 3.63) is 0 Å². The summed E-state index contributed by atoms with van der Waals surface area (Å²) in [5.41, 5.74) is 0. The van der Waals surface area contributed by atoms with Crippen LogP contribution in [-0.2, 0) is 26.2 Å². The fraction of sp³-hybridized carbons (Fsp3) is 1.00. The van der Waals surface area contributed by atoms with Gasteiger partial charge in [-0.2, -0.15) is 0 Å². The molecule has 0 fully saturated rings. The van der Waals surface area contributed by atoms with Crippen LogP contribution in [-0.4, -0.2) is 0 Å². The van der Waals surface area contributed by atoms with Crippen molar-refractivity contribution in [2.45, 2.75) is 33.1 Å². The van der Waals surface area contributed by atoms with Crippen LogP contribution in [0.3, 0.4) is 0 Å². The first kappa shape index (κ1) is 22.7. The molecule has 0 nitrogen and oxygen atoms in total. The van der Waals surface area contributed by atoms with Gasteiger partial charge in [-0.05, 0) is 0 Å². The molecule has 0 aromatic heterocycles. The van der Waals surface area contributed by atoms with Gasteiger partial charge in [-0.25, -0.2) is 0 Å². The molecular weight excluding hydrogens is 222 g/mol. The molecule has 0 N–H and O–H groups in total. The monoisotopic (exact) mass is 234 g/mol. The third kappa shape index (κ3) is 26.0. The minimum atomic E-state index is 0. The first-order valence-electron chi connectivity index (χ1n) is 2.41. The smallest absolute Gasteiger partial charge is 0 e. The first-order valence-corrected chi connectivity index (χ1v) is 2.41. The third-order valence-corrected chi connectivity index (χ3v) is 0.707. The number of rotatable bonds is 2. The molecule has 0 atom stereocenters. The van der Waals surface area contributed by atoms with Gasteiger partial charge in [-0.3, -0.25) is 0 Å². The van der Waals surface area contributed by atoms with Crippen LogP contribution in [0.15, 0.2) is 0 Å². The van der Waals surface area contributed by atoms with E-state index in [-0.39, 0.29) is 51.0 Å². The molecule has 3 heteroatoms. The standard InChI is InChI=1S/C5H12.2ClH.Zr/c1-3-5-4-2;;;/h3-5H2,1-2H3;2*1H;. The summed E-state index contributed by atoms with van der Waals surface area (Å²) in [6.07, 6.45) is 4.08. The third-order valence-electron chi connectivity index (χ3n) is 0.707. The molecule has 0 spiro atoms. The summed E-state index contributed by atoms with van der Waals surface area (Å²) in [4.78, 5) is 0. The molecule has 0 aliphatic rings. The van der Waals surface area contributed by atoms with Crippen molar-refractivity contribution in [2.24, 2.45) is 0 Å². The second-order valence-corrected chi connectivity index (χ2v) is 1.35. The van der Waals surface area contributed by atoms with Gasteiger partial charge in [0.25, 0.3) is 0 Å². The maximum atomic E-state index is 2.21. The molecule has 0 aliphatic heterocycles. The second kappa shape index (κ2) is 23.7. The van der Waals surface area contributed by atoms with Crippen molar-refractivity contribution in [2.75, 3.05) is 0 Å². The van der Waals surface area contributed by atoms with E-state index < -0.39 is 0 Å². The van der Waals surface area contributed by atoms with Crippen LogP contribution >= 0.6 is 24.8 Å². The Balaban J connectivity index is -0.0000000267. The SMILES string of the molecule is CCCCC.Cl.Cl.[Zr]. The van der Waals surface area contributed by atoms with E-state index in [1.54, 1.807) is 0 Å². The van der Waals surface area contributed by atoms with Gasteiger partial charge in [0.05, 0.1) is 0 Å². The minimum absolute atomic E-state index is 0. The number of hydrogen-bond donors (Lipinski definition) is 0. The van der Waals surface area contributed by atoms with Crippen LogP contribution in [0.5, 0.6) is 0 Å². The summed E-state index contributed by atoms with van der Waals surface area (Å²) in [6, 6.07) is 0. The topological polar surface area (TPSA) is 0 Å². The molecule has 0 rings (SSSR count). The molecule has 0 radical (unpaired) electrons. The Kier molecular flexibility index (Phi) is 67.2. The Labute approximate surface area is 83.8 Å². The zero-order chi connectivity index (χ0) is 4.12. The fourth-order valence-corrected chi connectivity index (χ4v) is 0.354. The Hall–Kier alpha value is 1.46. The summed E-state index contributed by atoms with van der Waals surface area (Å²) in [5, 5.41) is 0. The van der Waals surface area contributed by atoms with Crippen LogP contribution in [0.1, 0.15) is 33.1 Å². The van der Waals surface area contributed by atoms with Gasteiger partial charge in [0.15, 0.2) is 0 Å². The Morgan fingerprint density at radius 3 is 1.12 bits per heavy atom. The van der Waals surface area contributed by atoms with Crippen molar-refractivity contribution in [1.29, 1.82) is 0 Å². The minimum Gasteiger partial charge on any atom is -0.147 e. The molecule has 0 amide bonds. The van der Waals surface area contributed by atoms with Crippen LogP contribution in [0.4, 0.5) is 0 Å². The molecule has 8 heavy (non-hydrogen) atoms. The van der Waals surface area contributed by atoms with E-state index in [2.05, 4.69) is 13.8 Å². The van der Waals surface area contributed by atoms with Gasteiger partial charge in [-0.15, -0.1) is 24.8 Å². The van der Waals surface area contributed by atoms with E-state index in [0.29, 0.717) is 0 Å². The largest absolute Gasteiger partial charge is 0.147 e. The van der Waals surface area contributed by atoms with Gasteiger partial charge < -0.3 is 0 Å². The van der Waals surface area contributed by atoms with E-state index in [0.717, 1.165) is 0 Å². The summed E-state index contributed by atoms with van der Waals surface area (Å²) < 4.78 is 0. The molecular formula is C5H14Cl2Zr. The van der Waals surface area contributed by atoms with Crippen molar-refractivity contribution in [3.63, 3.8) is 0 Å². The molecule has 0 unspecified atom stereocenters. The van der Waals surface area contributed by atoms with E-state index in [4.69, 9.17) is 0 Å². The van der Waals surface area contributed by atoms with Crippen molar-refractivity contribution < 1.29 is 26.2 Å². The van der Waals surface area contributed by atoms with Gasteiger partial charge in [0.2, 0.25) is 0 Å². The molecule has 0 heterocycles. The Morgan fingerprint density at radius 2 is 1.12 bits per heavy atom. The van der Waals surface area contributed by atoms with E-state index in [1.165, 1.54) is 19.3 Å². The molecule has 0 aliphatic carbocycles. The maximum Gasteiger partial charge on any atom is 0 e. The van der Waals surface area contributed by atoms with Crippen molar-refractivity contribution in [3.8, 4) is 0 Å². The van der Waals surface area contributed by atoms with Crippen LogP contribution < -0.4 is 0 Å². The average molecular weight is 236 g/mol. The average Bonchev–Trinajstić information content (AvgIpc) is 1.41. The van der Waals surface area contributed by atoms with E-state index in [1.807, 2.05) is 0 Å². The van der Waals surface area contributed by atoms with Gasteiger partial charge in [-0.1, -0.05) is 33.1 Å². The quantitative estimate of drug-likeness (QED) is 0.691. The predicted octanol–water partition coefficient (Wildman–Crippen LogP) is 3.04. The summed E-state index contributed by atoms with van der Waals surface area (Å²) >= 11 is 0. The second-order valence-electron chi connectivity index (χ2n) is 1.35. The summed E-state index contributed by atoms with van der Waals surface area (Å²) in [7, 11) is 0. The van der Waals surface area contributed by atoms with Crippen molar-refractivity contribution in [1.82, 2.24) is 0 Å². The number of halogens is 2. The van der Waals surface area contributed by atoms with Crippen LogP contribution in [0.25, 0.3) is 0 Å². The first-order chi connectivity index (χ1) is 2.41. The Bertz CT molecular complexity index is 17.9. The normalized spacial score (nSPS) is 5.25. The molecule has 0 bridgehead atoms. The van der Waals surface area contributed by atoms with E-state index >= 15 is 0 Å². The predicted molar refractivity (Wildman–Crippen MR) is 39.7 cm³/mol. The van der Waals surface area contributed by atoms with Crippen molar-refractivity contribution >= 4 is 24.8 Å². The zero-order valence-corrected chi connectivity index (χ0v) is 9.53. The molecule has 0 aromatic carbocycles. The molecule has 0 aromatic rings. The molecule has 0 saturated heterocycles.